The molecule has 128 valence electrons. The molecule has 1 aliphatic rings. The number of hydrogen-bond acceptors (Lipinski definition) is 3. The van der Waals surface area contributed by atoms with Crippen LogP contribution in [0.4, 0.5) is 4.79 Å². The zero-order valence-corrected chi connectivity index (χ0v) is 16.2. The maximum atomic E-state index is 11.8. The Labute approximate surface area is 151 Å². The van der Waals surface area contributed by atoms with Gasteiger partial charge in [0.05, 0.1) is 0 Å². The zero-order valence-electron chi connectivity index (χ0n) is 13.9. The molecular weight excluding hydrogens is 380 g/mol. The first kappa shape index (κ1) is 18.6. The molecule has 0 radical (unpaired) electrons. The number of alkyl carbamates (subject to hydrolysis) is 1. The predicted molar refractivity (Wildman–Crippen MR) is 96.8 cm³/mol. The van der Waals surface area contributed by atoms with E-state index in [4.69, 9.17) is 16.3 Å². The van der Waals surface area contributed by atoms with E-state index >= 15 is 0 Å². The van der Waals surface area contributed by atoms with Crippen LogP contribution in [0.2, 0.25) is 5.02 Å². The van der Waals surface area contributed by atoms with Crippen molar-refractivity contribution in [3.63, 3.8) is 0 Å². The molecule has 1 aromatic carbocycles. The van der Waals surface area contributed by atoms with Gasteiger partial charge in [0.2, 0.25) is 0 Å². The first-order valence-electron chi connectivity index (χ1n) is 7.89. The molecule has 4 nitrogen and oxygen atoms in total. The van der Waals surface area contributed by atoms with Crippen LogP contribution in [0, 0.1) is 0 Å². The summed E-state index contributed by atoms with van der Waals surface area (Å²) < 4.78 is 6.35. The van der Waals surface area contributed by atoms with Crippen molar-refractivity contribution < 1.29 is 9.53 Å². The molecule has 1 aromatic rings. The minimum atomic E-state index is -0.453. The van der Waals surface area contributed by atoms with Crippen molar-refractivity contribution in [2.45, 2.75) is 51.8 Å². The fourth-order valence-electron chi connectivity index (χ4n) is 2.60. The van der Waals surface area contributed by atoms with E-state index in [9.17, 15) is 4.79 Å². The Morgan fingerprint density at radius 2 is 2.04 bits per heavy atom. The van der Waals surface area contributed by atoms with E-state index in [2.05, 4.69) is 32.2 Å². The number of nitrogens with one attached hydrogen (secondary N) is 1. The third-order valence-corrected chi connectivity index (χ3v) is 4.69. The van der Waals surface area contributed by atoms with Crippen LogP contribution in [0.5, 0.6) is 0 Å². The summed E-state index contributed by atoms with van der Waals surface area (Å²) in [5, 5.41) is 3.70. The molecular formula is C17H24BrClN2O2. The molecule has 1 aliphatic heterocycles. The molecule has 1 saturated heterocycles. The third-order valence-electron chi connectivity index (χ3n) is 3.72. The van der Waals surface area contributed by atoms with Crippen LogP contribution in [0.25, 0.3) is 0 Å². The maximum absolute atomic E-state index is 11.8. The van der Waals surface area contributed by atoms with Crippen LogP contribution in [-0.2, 0) is 11.3 Å². The van der Waals surface area contributed by atoms with E-state index < -0.39 is 5.60 Å². The monoisotopic (exact) mass is 402 g/mol. The fraction of sp³-hybridized carbons (Fsp3) is 0.588. The number of amides is 1. The van der Waals surface area contributed by atoms with Crippen molar-refractivity contribution in [1.82, 2.24) is 10.2 Å². The zero-order chi connectivity index (χ0) is 17.0. The van der Waals surface area contributed by atoms with E-state index in [1.165, 1.54) is 5.56 Å². The molecule has 1 N–H and O–H groups in total. The number of rotatable bonds is 3. The minimum Gasteiger partial charge on any atom is -0.444 e. The third kappa shape index (κ3) is 6.32. The number of hydrogen-bond donors (Lipinski definition) is 1. The SMILES string of the molecule is CC(C)(C)OC(=O)NC1CCN(Cc2ccc(Cl)cc2Br)CC1. The summed E-state index contributed by atoms with van der Waals surface area (Å²) in [6.07, 6.45) is 1.55. The summed E-state index contributed by atoms with van der Waals surface area (Å²) in [6.45, 7) is 8.42. The lowest BCUT2D eigenvalue weighted by atomic mass is 10.0. The Kier molecular flexibility index (Phi) is 6.34. The van der Waals surface area contributed by atoms with E-state index in [1.807, 2.05) is 32.9 Å². The van der Waals surface area contributed by atoms with Gasteiger partial charge in [0.25, 0.3) is 0 Å². The van der Waals surface area contributed by atoms with Crippen LogP contribution in [0.1, 0.15) is 39.2 Å². The molecule has 1 amide bonds. The van der Waals surface area contributed by atoms with Crippen molar-refractivity contribution in [2.24, 2.45) is 0 Å². The first-order chi connectivity index (χ1) is 10.7. The lowest BCUT2D eigenvalue weighted by Gasteiger charge is -2.33. The van der Waals surface area contributed by atoms with Gasteiger partial charge in [0, 0.05) is 35.2 Å². The highest BCUT2D eigenvalue weighted by Gasteiger charge is 2.23. The van der Waals surface area contributed by atoms with Crippen LogP contribution in [-0.4, -0.2) is 35.7 Å². The number of carbonyl (C=O) groups excluding carboxylic acids is 1. The van der Waals surface area contributed by atoms with E-state index in [-0.39, 0.29) is 12.1 Å². The normalized spacial score (nSPS) is 17.1. The number of benzene rings is 1. The molecule has 0 saturated carbocycles. The second-order valence-electron chi connectivity index (χ2n) is 6.93. The van der Waals surface area contributed by atoms with Crippen LogP contribution in [0.15, 0.2) is 22.7 Å². The highest BCUT2D eigenvalue weighted by molar-refractivity contribution is 9.10. The second-order valence-corrected chi connectivity index (χ2v) is 8.22. The molecule has 1 heterocycles. The summed E-state index contributed by atoms with van der Waals surface area (Å²) in [5.41, 5.74) is 0.777. The topological polar surface area (TPSA) is 41.6 Å². The summed E-state index contributed by atoms with van der Waals surface area (Å²) in [4.78, 5) is 14.2. The summed E-state index contributed by atoms with van der Waals surface area (Å²) >= 11 is 9.54. The molecule has 0 unspecified atom stereocenters. The standard InChI is InChI=1S/C17H24BrClN2O2/c1-17(2,3)23-16(22)20-14-6-8-21(9-7-14)11-12-4-5-13(19)10-15(12)18/h4-5,10,14H,6-9,11H2,1-3H3,(H,20,22). The molecule has 6 heteroatoms. The second kappa shape index (κ2) is 7.86. The number of halogens is 2. The van der Waals surface area contributed by atoms with E-state index in [0.717, 1.165) is 42.0 Å². The molecule has 0 spiro atoms. The average Bonchev–Trinajstić information content (AvgIpc) is 2.42. The molecule has 0 atom stereocenters. The van der Waals surface area contributed by atoms with Gasteiger partial charge in [0.1, 0.15) is 5.60 Å². The molecule has 0 aromatic heterocycles. The molecule has 0 bridgehead atoms. The fourth-order valence-corrected chi connectivity index (χ4v) is 3.41. The molecule has 0 aliphatic carbocycles. The van der Waals surface area contributed by atoms with Gasteiger partial charge in [-0.3, -0.25) is 4.90 Å². The minimum absolute atomic E-state index is 0.190. The van der Waals surface area contributed by atoms with Crippen molar-refractivity contribution in [1.29, 1.82) is 0 Å². The molecule has 23 heavy (non-hydrogen) atoms. The Hall–Kier alpha value is -0.780. The first-order valence-corrected chi connectivity index (χ1v) is 9.06. The number of likely N-dealkylation sites (tertiary alicyclic amines) is 1. The number of nitrogens with zero attached hydrogens (tertiary/aromatic N) is 1. The van der Waals surface area contributed by atoms with Gasteiger partial charge in [-0.25, -0.2) is 4.79 Å². The van der Waals surface area contributed by atoms with Crippen molar-refractivity contribution in [3.05, 3.63) is 33.3 Å². The van der Waals surface area contributed by atoms with Gasteiger partial charge < -0.3 is 10.1 Å². The summed E-state index contributed by atoms with van der Waals surface area (Å²) in [6, 6.07) is 6.08. The van der Waals surface area contributed by atoms with Crippen molar-refractivity contribution in [2.75, 3.05) is 13.1 Å². The Morgan fingerprint density at radius 1 is 1.39 bits per heavy atom. The molecule has 1 fully saturated rings. The lowest BCUT2D eigenvalue weighted by molar-refractivity contribution is 0.0477. The highest BCUT2D eigenvalue weighted by Crippen LogP contribution is 2.24. The Morgan fingerprint density at radius 3 is 2.61 bits per heavy atom. The maximum Gasteiger partial charge on any atom is 0.407 e. The Bertz CT molecular complexity index is 552. The number of ether oxygens (including phenoxy) is 1. The predicted octanol–water partition coefficient (Wildman–Crippen LogP) is 4.59. The van der Waals surface area contributed by atoms with E-state index in [0.29, 0.717) is 0 Å². The van der Waals surface area contributed by atoms with E-state index in [1.54, 1.807) is 0 Å². The van der Waals surface area contributed by atoms with Crippen molar-refractivity contribution in [3.8, 4) is 0 Å². The van der Waals surface area contributed by atoms with Crippen LogP contribution < -0.4 is 5.32 Å². The van der Waals surface area contributed by atoms with Crippen LogP contribution in [0.3, 0.4) is 0 Å². The summed E-state index contributed by atoms with van der Waals surface area (Å²) in [7, 11) is 0. The quantitative estimate of drug-likeness (QED) is 0.802. The highest BCUT2D eigenvalue weighted by atomic mass is 79.9. The van der Waals surface area contributed by atoms with Gasteiger partial charge >= 0.3 is 6.09 Å². The van der Waals surface area contributed by atoms with Gasteiger partial charge in [-0.15, -0.1) is 0 Å². The van der Waals surface area contributed by atoms with Gasteiger partial charge in [-0.05, 0) is 51.3 Å². The lowest BCUT2D eigenvalue weighted by Crippen LogP contribution is -2.45. The molecule has 2 rings (SSSR count). The van der Waals surface area contributed by atoms with Gasteiger partial charge in [0.15, 0.2) is 0 Å². The smallest absolute Gasteiger partial charge is 0.407 e. The van der Waals surface area contributed by atoms with Gasteiger partial charge in [-0.2, -0.15) is 0 Å². The number of carbonyl (C=O) groups is 1. The Balaban J connectivity index is 1.79. The number of piperidine rings is 1. The average molecular weight is 404 g/mol. The summed E-state index contributed by atoms with van der Waals surface area (Å²) in [5.74, 6) is 0. The van der Waals surface area contributed by atoms with Gasteiger partial charge in [-0.1, -0.05) is 33.6 Å². The van der Waals surface area contributed by atoms with Crippen molar-refractivity contribution >= 4 is 33.6 Å². The largest absolute Gasteiger partial charge is 0.444 e. The van der Waals surface area contributed by atoms with Crippen LogP contribution >= 0.6 is 27.5 Å².